The van der Waals surface area contributed by atoms with Gasteiger partial charge in [0.25, 0.3) is 0 Å². The molecule has 6 heteroatoms. The third-order valence-corrected chi connectivity index (χ3v) is 3.42. The number of hydrogen-bond donors (Lipinski definition) is 2. The third-order valence-electron chi connectivity index (χ3n) is 3.42. The summed E-state index contributed by atoms with van der Waals surface area (Å²) >= 11 is 0. The normalized spacial score (nSPS) is 17.6. The Morgan fingerprint density at radius 3 is 2.28 bits per heavy atom. The highest BCUT2D eigenvalue weighted by Gasteiger charge is 2.30. The Morgan fingerprint density at radius 2 is 1.72 bits per heavy atom. The van der Waals surface area contributed by atoms with Gasteiger partial charge >= 0.3 is 0 Å². The second-order valence-corrected chi connectivity index (χ2v) is 4.49. The van der Waals surface area contributed by atoms with Gasteiger partial charge in [-0.15, -0.1) is 12.4 Å². The van der Waals surface area contributed by atoms with Crippen molar-refractivity contribution in [1.29, 1.82) is 0 Å². The summed E-state index contributed by atoms with van der Waals surface area (Å²) in [5.41, 5.74) is 5.52. The molecule has 1 aliphatic rings. The molecular weight excluding hydrogens is 267 g/mol. The maximum atomic E-state index is 13.6. The van der Waals surface area contributed by atoms with Crippen molar-refractivity contribution in [2.45, 2.75) is 31.7 Å². The van der Waals surface area contributed by atoms with Gasteiger partial charge in [0.1, 0.15) is 5.75 Å². The lowest BCUT2D eigenvalue weighted by atomic mass is 9.91. The first kappa shape index (κ1) is 15.1. The summed E-state index contributed by atoms with van der Waals surface area (Å²) in [4.78, 5) is 0. The summed E-state index contributed by atoms with van der Waals surface area (Å²) in [7, 11) is 0. The zero-order valence-corrected chi connectivity index (χ0v) is 10.4. The van der Waals surface area contributed by atoms with E-state index in [1.165, 1.54) is 0 Å². The van der Waals surface area contributed by atoms with Crippen molar-refractivity contribution in [2.75, 3.05) is 0 Å². The summed E-state index contributed by atoms with van der Waals surface area (Å²) in [6.07, 6.45) is 3.62. The Kier molecular flexibility index (Phi) is 4.87. The number of nitrogens with two attached hydrogens (primary N) is 1. The van der Waals surface area contributed by atoms with Gasteiger partial charge in [-0.25, -0.2) is 13.2 Å². The van der Waals surface area contributed by atoms with Gasteiger partial charge in [-0.3, -0.25) is 0 Å². The van der Waals surface area contributed by atoms with Crippen molar-refractivity contribution in [3.63, 3.8) is 0 Å². The summed E-state index contributed by atoms with van der Waals surface area (Å²) in [6, 6.07) is -0.213. The molecule has 0 amide bonds. The molecule has 1 atom stereocenters. The zero-order valence-electron chi connectivity index (χ0n) is 9.63. The van der Waals surface area contributed by atoms with Crippen LogP contribution in [-0.2, 0) is 0 Å². The molecule has 1 saturated carbocycles. The van der Waals surface area contributed by atoms with Crippen molar-refractivity contribution < 1.29 is 18.3 Å². The predicted octanol–water partition coefficient (Wildman–Crippen LogP) is 3.42. The van der Waals surface area contributed by atoms with Crippen LogP contribution in [0.2, 0.25) is 0 Å². The van der Waals surface area contributed by atoms with Gasteiger partial charge in [0, 0.05) is 17.7 Å². The van der Waals surface area contributed by atoms with E-state index in [4.69, 9.17) is 5.73 Å². The molecule has 3 N–H and O–H groups in total. The second kappa shape index (κ2) is 5.80. The van der Waals surface area contributed by atoms with Crippen molar-refractivity contribution in [2.24, 2.45) is 11.7 Å². The first-order valence-corrected chi connectivity index (χ1v) is 5.64. The van der Waals surface area contributed by atoms with Crippen molar-refractivity contribution in [3.05, 3.63) is 29.1 Å². The molecule has 1 aliphatic carbocycles. The number of benzene rings is 1. The number of halogens is 4. The van der Waals surface area contributed by atoms with Crippen molar-refractivity contribution in [3.8, 4) is 5.75 Å². The molecule has 2 nitrogen and oxygen atoms in total. The Bertz CT molecular complexity index is 436. The smallest absolute Gasteiger partial charge is 0.195 e. The monoisotopic (exact) mass is 281 g/mol. The Labute approximate surface area is 109 Å². The van der Waals surface area contributed by atoms with Gasteiger partial charge in [0.15, 0.2) is 17.5 Å². The minimum atomic E-state index is -1.58. The molecule has 0 bridgehead atoms. The molecule has 2 rings (SSSR count). The summed E-state index contributed by atoms with van der Waals surface area (Å²) in [6.45, 7) is 0. The van der Waals surface area contributed by atoms with E-state index in [2.05, 4.69) is 0 Å². The molecule has 0 radical (unpaired) electrons. The topological polar surface area (TPSA) is 46.2 Å². The number of phenolic OH excluding ortho intramolecular Hbond substituents is 1. The number of rotatable bonds is 2. The zero-order chi connectivity index (χ0) is 12.6. The summed E-state index contributed by atoms with van der Waals surface area (Å²) in [5, 5.41) is 9.50. The number of phenols is 1. The van der Waals surface area contributed by atoms with E-state index in [9.17, 15) is 18.3 Å². The van der Waals surface area contributed by atoms with Gasteiger partial charge in [0.2, 0.25) is 0 Å². The van der Waals surface area contributed by atoms with Crippen LogP contribution in [0.1, 0.15) is 37.3 Å². The largest absolute Gasteiger partial charge is 0.507 e. The van der Waals surface area contributed by atoms with Gasteiger partial charge < -0.3 is 10.8 Å². The van der Waals surface area contributed by atoms with E-state index in [-0.39, 0.29) is 23.9 Å². The maximum Gasteiger partial charge on any atom is 0.195 e. The lowest BCUT2D eigenvalue weighted by Gasteiger charge is -2.21. The van der Waals surface area contributed by atoms with Gasteiger partial charge in [0.05, 0.1) is 0 Å². The number of hydrogen-bond acceptors (Lipinski definition) is 2. The average Bonchev–Trinajstić information content (AvgIpc) is 2.79. The van der Waals surface area contributed by atoms with E-state index < -0.39 is 29.2 Å². The molecular formula is C12H15ClF3NO. The molecule has 1 aromatic rings. The molecule has 0 unspecified atom stereocenters. The highest BCUT2D eigenvalue weighted by Crippen LogP contribution is 2.39. The van der Waals surface area contributed by atoms with Crippen LogP contribution in [0.3, 0.4) is 0 Å². The fourth-order valence-electron chi connectivity index (χ4n) is 2.47. The SMILES string of the molecule is Cl.N[C@H](c1c(O)cc(F)c(F)c1F)C1CCCC1. The van der Waals surface area contributed by atoms with E-state index >= 15 is 0 Å². The lowest BCUT2D eigenvalue weighted by molar-refractivity contribution is 0.369. The van der Waals surface area contributed by atoms with Crippen LogP contribution in [0.25, 0.3) is 0 Å². The van der Waals surface area contributed by atoms with E-state index in [1.54, 1.807) is 0 Å². The molecule has 1 fully saturated rings. The van der Waals surface area contributed by atoms with Crippen LogP contribution in [0, 0.1) is 23.4 Å². The number of aromatic hydroxyl groups is 1. The van der Waals surface area contributed by atoms with E-state index in [1.807, 2.05) is 0 Å². The highest BCUT2D eigenvalue weighted by atomic mass is 35.5. The van der Waals surface area contributed by atoms with Crippen molar-refractivity contribution in [1.82, 2.24) is 0 Å². The first-order valence-electron chi connectivity index (χ1n) is 5.64. The second-order valence-electron chi connectivity index (χ2n) is 4.49. The third kappa shape index (κ3) is 2.57. The molecule has 102 valence electrons. The standard InChI is InChI=1S/C12H14F3NO.ClH/c13-7-5-8(17)9(11(15)10(7)14)12(16)6-3-1-2-4-6;/h5-6,12,17H,1-4,16H2;1H/t12-;/m0./s1. The summed E-state index contributed by atoms with van der Waals surface area (Å²) in [5.74, 6) is -4.95. The van der Waals surface area contributed by atoms with Crippen LogP contribution in [0.15, 0.2) is 6.07 Å². The van der Waals surface area contributed by atoms with Crippen LogP contribution in [-0.4, -0.2) is 5.11 Å². The van der Waals surface area contributed by atoms with Crippen LogP contribution < -0.4 is 5.73 Å². The average molecular weight is 282 g/mol. The van der Waals surface area contributed by atoms with Gasteiger partial charge in [-0.1, -0.05) is 12.8 Å². The minimum Gasteiger partial charge on any atom is -0.507 e. The fraction of sp³-hybridized carbons (Fsp3) is 0.500. The van der Waals surface area contributed by atoms with E-state index in [0.29, 0.717) is 6.07 Å². The van der Waals surface area contributed by atoms with Crippen LogP contribution in [0.4, 0.5) is 13.2 Å². The Hall–Kier alpha value is -0.940. The van der Waals surface area contributed by atoms with Crippen LogP contribution in [0.5, 0.6) is 5.75 Å². The van der Waals surface area contributed by atoms with Crippen LogP contribution >= 0.6 is 12.4 Å². The minimum absolute atomic E-state index is 0. The molecule has 1 aromatic carbocycles. The highest BCUT2D eigenvalue weighted by molar-refractivity contribution is 5.85. The molecule has 18 heavy (non-hydrogen) atoms. The maximum absolute atomic E-state index is 13.6. The molecule has 0 aromatic heterocycles. The summed E-state index contributed by atoms with van der Waals surface area (Å²) < 4.78 is 39.5. The molecule has 0 aliphatic heterocycles. The van der Waals surface area contributed by atoms with E-state index in [0.717, 1.165) is 25.7 Å². The van der Waals surface area contributed by atoms with Gasteiger partial charge in [-0.05, 0) is 18.8 Å². The van der Waals surface area contributed by atoms with Gasteiger partial charge in [-0.2, -0.15) is 0 Å². The first-order chi connectivity index (χ1) is 8.02. The molecule has 0 heterocycles. The fourth-order valence-corrected chi connectivity index (χ4v) is 2.47. The molecule has 0 saturated heterocycles. The quantitative estimate of drug-likeness (QED) is 0.816. The molecule has 0 spiro atoms. The predicted molar refractivity (Wildman–Crippen MR) is 64.1 cm³/mol. The Balaban J connectivity index is 0.00000162. The Morgan fingerprint density at radius 1 is 1.17 bits per heavy atom. The van der Waals surface area contributed by atoms with Crippen molar-refractivity contribution >= 4 is 12.4 Å². The lowest BCUT2D eigenvalue weighted by Crippen LogP contribution is -2.21.